The van der Waals surface area contributed by atoms with Crippen LogP contribution in [0.4, 0.5) is 4.39 Å². The summed E-state index contributed by atoms with van der Waals surface area (Å²) >= 11 is 5.46. The quantitative estimate of drug-likeness (QED) is 0.815. The van der Waals surface area contributed by atoms with Crippen LogP contribution in [0.15, 0.2) is 42.6 Å². The molecule has 2 nitrogen and oxygen atoms in total. The highest BCUT2D eigenvalue weighted by atomic mass is 35.5. The van der Waals surface area contributed by atoms with Crippen molar-refractivity contribution in [3.63, 3.8) is 0 Å². The molecule has 0 radical (unpaired) electrons. The summed E-state index contributed by atoms with van der Waals surface area (Å²) < 4.78 is 13.1. The van der Waals surface area contributed by atoms with Crippen molar-refractivity contribution in [2.75, 3.05) is 0 Å². The van der Waals surface area contributed by atoms with E-state index in [9.17, 15) is 9.50 Å². The highest BCUT2D eigenvalue weighted by Crippen LogP contribution is 2.23. The number of halogens is 2. The predicted molar refractivity (Wildman–Crippen MR) is 59.7 cm³/mol. The molecule has 0 bridgehead atoms. The van der Waals surface area contributed by atoms with Gasteiger partial charge in [0.15, 0.2) is 11.0 Å². The summed E-state index contributed by atoms with van der Waals surface area (Å²) in [4.78, 5) is 3.66. The molecule has 1 unspecified atom stereocenters. The van der Waals surface area contributed by atoms with Crippen molar-refractivity contribution in [2.45, 2.75) is 6.10 Å². The van der Waals surface area contributed by atoms with Gasteiger partial charge in [0.05, 0.1) is 0 Å². The molecule has 0 saturated carbocycles. The van der Waals surface area contributed by atoms with Crippen molar-refractivity contribution in [3.05, 3.63) is 64.7 Å². The van der Waals surface area contributed by atoms with Crippen LogP contribution >= 0.6 is 11.6 Å². The Morgan fingerprint density at radius 3 is 2.50 bits per heavy atom. The molecule has 0 amide bonds. The molecule has 0 aliphatic rings. The van der Waals surface area contributed by atoms with Crippen LogP contribution in [0.2, 0.25) is 5.15 Å². The largest absolute Gasteiger partial charge is 0.384 e. The number of benzene rings is 1. The number of aliphatic hydroxyl groups is 1. The number of pyridine rings is 1. The maximum absolute atomic E-state index is 13.1. The van der Waals surface area contributed by atoms with Gasteiger partial charge in [-0.2, -0.15) is 0 Å². The van der Waals surface area contributed by atoms with Gasteiger partial charge in [-0.15, -0.1) is 0 Å². The van der Waals surface area contributed by atoms with Gasteiger partial charge in [-0.05, 0) is 11.6 Å². The zero-order valence-corrected chi connectivity index (χ0v) is 9.03. The van der Waals surface area contributed by atoms with Gasteiger partial charge in [-0.1, -0.05) is 41.9 Å². The first-order valence-electron chi connectivity index (χ1n) is 4.72. The van der Waals surface area contributed by atoms with Gasteiger partial charge in [-0.25, -0.2) is 9.37 Å². The first-order valence-corrected chi connectivity index (χ1v) is 5.10. The maximum Gasteiger partial charge on any atom is 0.164 e. The second-order valence-corrected chi connectivity index (χ2v) is 3.71. The molecular formula is C12H9ClFNO. The van der Waals surface area contributed by atoms with Gasteiger partial charge < -0.3 is 5.11 Å². The second kappa shape index (κ2) is 4.60. The van der Waals surface area contributed by atoms with Gasteiger partial charge in [0, 0.05) is 11.8 Å². The third-order valence-electron chi connectivity index (χ3n) is 2.25. The number of aliphatic hydroxyl groups excluding tert-OH is 1. The van der Waals surface area contributed by atoms with Crippen LogP contribution < -0.4 is 0 Å². The zero-order chi connectivity index (χ0) is 11.5. The fraction of sp³-hybridized carbons (Fsp3) is 0.0833. The molecule has 1 N–H and O–H groups in total. The Labute approximate surface area is 97.3 Å². The summed E-state index contributed by atoms with van der Waals surface area (Å²) in [6.45, 7) is 0. The van der Waals surface area contributed by atoms with Gasteiger partial charge in [0.1, 0.15) is 6.10 Å². The Kier molecular flexibility index (Phi) is 3.17. The molecule has 4 heteroatoms. The van der Waals surface area contributed by atoms with Crippen LogP contribution in [0.5, 0.6) is 0 Å². The average Bonchev–Trinajstić information content (AvgIpc) is 2.33. The minimum Gasteiger partial charge on any atom is -0.384 e. The number of nitrogens with zero attached hydrogens (tertiary/aromatic N) is 1. The summed E-state index contributed by atoms with van der Waals surface area (Å²) in [7, 11) is 0. The van der Waals surface area contributed by atoms with E-state index in [2.05, 4.69) is 4.98 Å². The van der Waals surface area contributed by atoms with E-state index < -0.39 is 11.9 Å². The molecule has 0 saturated heterocycles. The van der Waals surface area contributed by atoms with Gasteiger partial charge in [0.2, 0.25) is 0 Å². The lowest BCUT2D eigenvalue weighted by atomic mass is 10.0. The predicted octanol–water partition coefficient (Wildman–Crippen LogP) is 2.96. The smallest absolute Gasteiger partial charge is 0.164 e. The Morgan fingerprint density at radius 2 is 1.88 bits per heavy atom. The highest BCUT2D eigenvalue weighted by molar-refractivity contribution is 6.29. The van der Waals surface area contributed by atoms with E-state index in [1.807, 2.05) is 6.07 Å². The van der Waals surface area contributed by atoms with Crippen LogP contribution in [0, 0.1) is 5.82 Å². The molecule has 1 heterocycles. The fourth-order valence-corrected chi connectivity index (χ4v) is 1.52. The van der Waals surface area contributed by atoms with Crippen molar-refractivity contribution in [2.24, 2.45) is 0 Å². The highest BCUT2D eigenvalue weighted by Gasteiger charge is 2.12. The maximum atomic E-state index is 13.1. The van der Waals surface area contributed by atoms with Crippen molar-refractivity contribution in [3.8, 4) is 0 Å². The van der Waals surface area contributed by atoms with E-state index in [0.29, 0.717) is 11.1 Å². The molecule has 0 aliphatic carbocycles. The summed E-state index contributed by atoms with van der Waals surface area (Å²) in [5.41, 5.74) is 1.07. The van der Waals surface area contributed by atoms with Crippen LogP contribution in [0.1, 0.15) is 17.2 Å². The number of aromatic nitrogens is 1. The molecular weight excluding hydrogens is 229 g/mol. The Bertz CT molecular complexity index is 490. The molecule has 0 spiro atoms. The Hall–Kier alpha value is -1.45. The van der Waals surface area contributed by atoms with Crippen molar-refractivity contribution < 1.29 is 9.50 Å². The van der Waals surface area contributed by atoms with Crippen LogP contribution in [0.25, 0.3) is 0 Å². The summed E-state index contributed by atoms with van der Waals surface area (Å²) in [5, 5.41) is 9.77. The third kappa shape index (κ3) is 2.21. The minimum absolute atomic E-state index is 0.191. The normalized spacial score (nSPS) is 12.4. The third-order valence-corrected chi connectivity index (χ3v) is 2.53. The molecule has 1 aromatic carbocycles. The molecule has 2 rings (SSSR count). The molecule has 2 aromatic rings. The van der Waals surface area contributed by atoms with E-state index >= 15 is 0 Å². The van der Waals surface area contributed by atoms with Gasteiger partial charge >= 0.3 is 0 Å². The van der Waals surface area contributed by atoms with Crippen LogP contribution in [-0.4, -0.2) is 10.1 Å². The number of hydrogen-bond acceptors (Lipinski definition) is 2. The SMILES string of the molecule is OC(c1ccccc1)c1cnc(Cl)c(F)c1. The fourth-order valence-electron chi connectivity index (χ4n) is 1.41. The van der Waals surface area contributed by atoms with Gasteiger partial charge in [0.25, 0.3) is 0 Å². The molecule has 16 heavy (non-hydrogen) atoms. The zero-order valence-electron chi connectivity index (χ0n) is 8.27. The molecule has 82 valence electrons. The monoisotopic (exact) mass is 237 g/mol. The summed E-state index contributed by atoms with van der Waals surface area (Å²) in [6, 6.07) is 10.2. The topological polar surface area (TPSA) is 33.1 Å². The summed E-state index contributed by atoms with van der Waals surface area (Å²) in [5.74, 6) is -0.630. The molecule has 0 fully saturated rings. The average molecular weight is 238 g/mol. The van der Waals surface area contributed by atoms with Crippen LogP contribution in [0.3, 0.4) is 0 Å². The summed E-state index contributed by atoms with van der Waals surface area (Å²) in [6.07, 6.45) is 0.476. The molecule has 1 atom stereocenters. The van der Waals surface area contributed by atoms with Crippen LogP contribution in [-0.2, 0) is 0 Å². The molecule has 1 aromatic heterocycles. The standard InChI is InChI=1S/C12H9ClFNO/c13-12-10(14)6-9(7-15-12)11(16)8-4-2-1-3-5-8/h1-7,11,16H. The Balaban J connectivity index is 2.34. The van der Waals surface area contributed by atoms with E-state index in [4.69, 9.17) is 11.6 Å². The number of rotatable bonds is 2. The second-order valence-electron chi connectivity index (χ2n) is 3.35. The van der Waals surface area contributed by atoms with E-state index in [0.717, 1.165) is 0 Å². The van der Waals surface area contributed by atoms with E-state index in [1.165, 1.54) is 12.3 Å². The van der Waals surface area contributed by atoms with Crippen molar-refractivity contribution in [1.29, 1.82) is 0 Å². The van der Waals surface area contributed by atoms with Gasteiger partial charge in [-0.3, -0.25) is 0 Å². The van der Waals surface area contributed by atoms with Crippen molar-refractivity contribution in [1.82, 2.24) is 4.98 Å². The lowest BCUT2D eigenvalue weighted by Crippen LogP contribution is -2.01. The lowest BCUT2D eigenvalue weighted by molar-refractivity contribution is 0.219. The van der Waals surface area contributed by atoms with E-state index in [1.54, 1.807) is 24.3 Å². The first kappa shape index (κ1) is 11.0. The molecule has 0 aliphatic heterocycles. The number of hydrogen-bond donors (Lipinski definition) is 1. The van der Waals surface area contributed by atoms with Crippen molar-refractivity contribution >= 4 is 11.6 Å². The lowest BCUT2D eigenvalue weighted by Gasteiger charge is -2.10. The minimum atomic E-state index is -0.888. The Morgan fingerprint density at radius 1 is 1.19 bits per heavy atom. The first-order chi connectivity index (χ1) is 7.68. The van der Waals surface area contributed by atoms with E-state index in [-0.39, 0.29) is 5.15 Å².